The average Bonchev–Trinajstić information content (AvgIpc) is 2.11. The van der Waals surface area contributed by atoms with Crippen molar-refractivity contribution in [2.24, 2.45) is 0 Å². The van der Waals surface area contributed by atoms with E-state index in [-0.39, 0.29) is 0 Å². The fourth-order valence-corrected chi connectivity index (χ4v) is 1.41. The molecule has 86 valence electrons. The van der Waals surface area contributed by atoms with Crippen molar-refractivity contribution in [2.45, 2.75) is 46.3 Å². The van der Waals surface area contributed by atoms with Crippen molar-refractivity contribution in [3.05, 3.63) is 0 Å². The van der Waals surface area contributed by atoms with Crippen LogP contribution in [0.1, 0.15) is 34.6 Å². The zero-order chi connectivity index (χ0) is 11.2. The number of hydrogen-bond donors (Lipinski definition) is 2. The zero-order valence-electron chi connectivity index (χ0n) is 10.3. The predicted molar refractivity (Wildman–Crippen MR) is 61.6 cm³/mol. The molecule has 0 aliphatic carbocycles. The smallest absolute Gasteiger partial charge is 0.0869 e. The van der Waals surface area contributed by atoms with Crippen molar-refractivity contribution in [1.82, 2.24) is 10.2 Å². The van der Waals surface area contributed by atoms with E-state index in [1.165, 1.54) is 0 Å². The van der Waals surface area contributed by atoms with Gasteiger partial charge in [-0.15, -0.1) is 0 Å². The summed E-state index contributed by atoms with van der Waals surface area (Å²) in [4.78, 5) is 2.24. The van der Waals surface area contributed by atoms with E-state index in [2.05, 4.69) is 37.9 Å². The molecule has 0 saturated heterocycles. The summed E-state index contributed by atoms with van der Waals surface area (Å²) >= 11 is 0. The largest absolute Gasteiger partial charge is 0.388 e. The van der Waals surface area contributed by atoms with Gasteiger partial charge in [0.2, 0.25) is 0 Å². The summed E-state index contributed by atoms with van der Waals surface area (Å²) in [5, 5.41) is 13.4. The Balaban J connectivity index is 3.91. The molecular weight excluding hydrogens is 176 g/mol. The van der Waals surface area contributed by atoms with E-state index < -0.39 is 5.60 Å². The molecule has 2 N–H and O–H groups in total. The first-order chi connectivity index (χ1) is 6.41. The second-order valence-corrected chi connectivity index (χ2v) is 4.49. The molecule has 0 saturated carbocycles. The summed E-state index contributed by atoms with van der Waals surface area (Å²) < 4.78 is 0. The van der Waals surface area contributed by atoms with Crippen LogP contribution in [0.5, 0.6) is 0 Å². The monoisotopic (exact) mass is 202 g/mol. The van der Waals surface area contributed by atoms with Gasteiger partial charge in [-0.2, -0.15) is 0 Å². The summed E-state index contributed by atoms with van der Waals surface area (Å²) in [5.41, 5.74) is -0.629. The minimum atomic E-state index is -0.629. The van der Waals surface area contributed by atoms with E-state index >= 15 is 0 Å². The fourth-order valence-electron chi connectivity index (χ4n) is 1.41. The molecule has 1 atom stereocenters. The van der Waals surface area contributed by atoms with Gasteiger partial charge in [0, 0.05) is 19.1 Å². The van der Waals surface area contributed by atoms with Gasteiger partial charge < -0.3 is 15.3 Å². The highest BCUT2D eigenvalue weighted by molar-refractivity contribution is 4.80. The highest BCUT2D eigenvalue weighted by Gasteiger charge is 2.22. The van der Waals surface area contributed by atoms with E-state index in [1.807, 2.05) is 6.92 Å². The lowest BCUT2D eigenvalue weighted by atomic mass is 10.1. The molecule has 0 aliphatic heterocycles. The Morgan fingerprint density at radius 1 is 1.29 bits per heavy atom. The number of nitrogens with one attached hydrogen (secondary N) is 1. The van der Waals surface area contributed by atoms with Crippen LogP contribution >= 0.6 is 0 Å². The van der Waals surface area contributed by atoms with E-state index in [1.54, 1.807) is 0 Å². The van der Waals surface area contributed by atoms with Gasteiger partial charge >= 0.3 is 0 Å². The second-order valence-electron chi connectivity index (χ2n) is 4.49. The van der Waals surface area contributed by atoms with Crippen LogP contribution in [-0.2, 0) is 0 Å². The van der Waals surface area contributed by atoms with E-state index in [0.717, 1.165) is 19.6 Å². The van der Waals surface area contributed by atoms with E-state index in [4.69, 9.17) is 0 Å². The summed E-state index contributed by atoms with van der Waals surface area (Å²) in [6.45, 7) is 13.7. The topological polar surface area (TPSA) is 35.5 Å². The third-order valence-corrected chi connectivity index (χ3v) is 2.35. The molecule has 0 heterocycles. The molecule has 0 rings (SSSR count). The minimum Gasteiger partial charge on any atom is -0.388 e. The van der Waals surface area contributed by atoms with Crippen LogP contribution in [-0.4, -0.2) is 47.8 Å². The van der Waals surface area contributed by atoms with Crippen molar-refractivity contribution in [1.29, 1.82) is 0 Å². The maximum atomic E-state index is 10.1. The average molecular weight is 202 g/mol. The molecule has 14 heavy (non-hydrogen) atoms. The first kappa shape index (κ1) is 13.9. The molecule has 0 aliphatic rings. The quantitative estimate of drug-likeness (QED) is 0.648. The lowest BCUT2D eigenvalue weighted by Crippen LogP contribution is -2.48. The molecule has 0 fully saturated rings. The van der Waals surface area contributed by atoms with Gasteiger partial charge in [-0.3, -0.25) is 0 Å². The third kappa shape index (κ3) is 6.35. The van der Waals surface area contributed by atoms with Gasteiger partial charge in [-0.05, 0) is 20.0 Å². The van der Waals surface area contributed by atoms with Crippen LogP contribution in [0.2, 0.25) is 0 Å². The van der Waals surface area contributed by atoms with Crippen LogP contribution in [0.3, 0.4) is 0 Å². The van der Waals surface area contributed by atoms with Gasteiger partial charge in [0.25, 0.3) is 0 Å². The van der Waals surface area contributed by atoms with Crippen LogP contribution in [0.4, 0.5) is 0 Å². The summed E-state index contributed by atoms with van der Waals surface area (Å²) in [5.74, 6) is 0. The first-order valence-corrected chi connectivity index (χ1v) is 5.59. The van der Waals surface area contributed by atoms with Gasteiger partial charge in [0.1, 0.15) is 0 Å². The molecule has 0 aromatic carbocycles. The molecule has 3 heteroatoms. The summed E-state index contributed by atoms with van der Waals surface area (Å²) in [7, 11) is 0. The molecule has 0 radical (unpaired) electrons. The number of nitrogens with zero attached hydrogens (tertiary/aromatic N) is 1. The van der Waals surface area contributed by atoms with Gasteiger partial charge in [-0.1, -0.05) is 27.7 Å². The van der Waals surface area contributed by atoms with Crippen LogP contribution in [0, 0.1) is 0 Å². The fraction of sp³-hybridized carbons (Fsp3) is 1.00. The maximum Gasteiger partial charge on any atom is 0.0869 e. The first-order valence-electron chi connectivity index (χ1n) is 5.59. The number of hydrogen-bond acceptors (Lipinski definition) is 3. The Labute approximate surface area is 88.5 Å². The number of likely N-dealkylation sites (N-methyl/N-ethyl adjacent to an activating group) is 1. The molecule has 3 nitrogen and oxygen atoms in total. The molecule has 0 bridgehead atoms. The van der Waals surface area contributed by atoms with E-state index in [0.29, 0.717) is 12.6 Å². The summed E-state index contributed by atoms with van der Waals surface area (Å²) in [6.07, 6.45) is 0. The molecule has 0 amide bonds. The second kappa shape index (κ2) is 6.38. The lowest BCUT2D eigenvalue weighted by Gasteiger charge is -2.31. The maximum absolute atomic E-state index is 10.1. The van der Waals surface area contributed by atoms with Gasteiger partial charge in [0.15, 0.2) is 0 Å². The molecule has 0 spiro atoms. The summed E-state index contributed by atoms with van der Waals surface area (Å²) in [6, 6.07) is 0.429. The van der Waals surface area contributed by atoms with Crippen LogP contribution in [0.25, 0.3) is 0 Å². The highest BCUT2D eigenvalue weighted by atomic mass is 16.3. The Morgan fingerprint density at radius 3 is 2.14 bits per heavy atom. The van der Waals surface area contributed by atoms with Crippen molar-refractivity contribution in [3.63, 3.8) is 0 Å². The normalized spacial score (nSPS) is 16.3. The third-order valence-electron chi connectivity index (χ3n) is 2.35. The SMILES string of the molecule is CCN(CC)CC(C)(O)CNC(C)C. The lowest BCUT2D eigenvalue weighted by molar-refractivity contribution is 0.0215. The Hall–Kier alpha value is -0.120. The van der Waals surface area contributed by atoms with Crippen molar-refractivity contribution >= 4 is 0 Å². The van der Waals surface area contributed by atoms with Crippen LogP contribution < -0.4 is 5.32 Å². The molecule has 0 aromatic rings. The number of rotatable bonds is 7. The standard InChI is InChI=1S/C11H26N2O/c1-6-13(7-2)9-11(5,14)8-12-10(3)4/h10,12,14H,6-9H2,1-5H3. The van der Waals surface area contributed by atoms with Gasteiger partial charge in [-0.25, -0.2) is 0 Å². The van der Waals surface area contributed by atoms with E-state index in [9.17, 15) is 5.11 Å². The minimum absolute atomic E-state index is 0.429. The Morgan fingerprint density at radius 2 is 1.79 bits per heavy atom. The predicted octanol–water partition coefficient (Wildman–Crippen LogP) is 1.08. The molecule has 0 aromatic heterocycles. The Kier molecular flexibility index (Phi) is 6.33. The highest BCUT2D eigenvalue weighted by Crippen LogP contribution is 2.05. The molecule has 1 unspecified atom stereocenters. The van der Waals surface area contributed by atoms with Crippen molar-refractivity contribution in [2.75, 3.05) is 26.2 Å². The number of aliphatic hydroxyl groups is 1. The van der Waals surface area contributed by atoms with Gasteiger partial charge in [0.05, 0.1) is 5.60 Å². The molecular formula is C11H26N2O. The van der Waals surface area contributed by atoms with Crippen LogP contribution in [0.15, 0.2) is 0 Å². The van der Waals surface area contributed by atoms with Crippen molar-refractivity contribution < 1.29 is 5.11 Å². The van der Waals surface area contributed by atoms with Crippen molar-refractivity contribution in [3.8, 4) is 0 Å². The Bertz CT molecular complexity index is 142. The zero-order valence-corrected chi connectivity index (χ0v) is 10.3.